The molecule has 1 aromatic rings. The third-order valence-corrected chi connectivity index (χ3v) is 6.22. The Hall–Kier alpha value is -0.570. The van der Waals surface area contributed by atoms with Gasteiger partial charge in [-0.25, -0.2) is 0 Å². The van der Waals surface area contributed by atoms with Gasteiger partial charge in [0.05, 0.1) is 12.1 Å². The zero-order chi connectivity index (χ0) is 19.2. The van der Waals surface area contributed by atoms with Crippen molar-refractivity contribution < 1.29 is 10.1 Å². The molecule has 1 aliphatic rings. The highest BCUT2D eigenvalue weighted by Gasteiger charge is 2.33. The summed E-state index contributed by atoms with van der Waals surface area (Å²) in [6, 6.07) is 8.79. The summed E-state index contributed by atoms with van der Waals surface area (Å²) in [4.78, 5) is 0. The lowest BCUT2D eigenvalue weighted by molar-refractivity contribution is -0.693. The molecule has 2 N–H and O–H groups in total. The Bertz CT molecular complexity index is 526. The maximum Gasteiger partial charge on any atom is 0.109 e. The summed E-state index contributed by atoms with van der Waals surface area (Å²) in [5.74, 6) is 2.44. The van der Waals surface area contributed by atoms with Crippen molar-refractivity contribution in [1.29, 1.82) is 0 Å². The Morgan fingerprint density at radius 2 is 1.81 bits per heavy atom. The van der Waals surface area contributed by atoms with Gasteiger partial charge in [0.1, 0.15) is 6.04 Å². The van der Waals surface area contributed by atoms with E-state index in [0.717, 1.165) is 29.4 Å². The van der Waals surface area contributed by atoms with Crippen LogP contribution in [0.4, 0.5) is 0 Å². The van der Waals surface area contributed by atoms with Crippen LogP contribution in [0.3, 0.4) is 0 Å². The minimum atomic E-state index is 0.0549. The molecule has 148 valence electrons. The fourth-order valence-electron chi connectivity index (χ4n) is 4.31. The molecule has 26 heavy (non-hydrogen) atoms. The second-order valence-corrected chi connectivity index (χ2v) is 9.68. The largest absolute Gasteiger partial charge is 0.376 e. The van der Waals surface area contributed by atoms with E-state index in [1.165, 1.54) is 44.2 Å². The standard InChI is InChI=1S/C23H38ClNO/c1-17(2)6-7-20(21-13-15-26-23(4,5)16-21)12-14-25-18(3)19-8-10-22(24)11-9-19/h8-11,17-18,20-21,25H,6-7,12-16H2,1-5H3/p+1/t18-,20+,21+/m0/s1. The summed E-state index contributed by atoms with van der Waals surface area (Å²) in [5, 5.41) is 3.31. The topological polar surface area (TPSA) is 25.8 Å². The lowest BCUT2D eigenvalue weighted by Crippen LogP contribution is -2.84. The number of benzene rings is 1. The molecule has 1 heterocycles. The minimum absolute atomic E-state index is 0.0549. The number of nitrogens with two attached hydrogens (primary N) is 1. The number of quaternary nitrogens is 1. The van der Waals surface area contributed by atoms with Gasteiger partial charge in [-0.2, -0.15) is 0 Å². The van der Waals surface area contributed by atoms with E-state index in [-0.39, 0.29) is 5.60 Å². The monoisotopic (exact) mass is 380 g/mol. The number of hydrogen-bond donors (Lipinski definition) is 1. The number of rotatable bonds is 9. The predicted molar refractivity (Wildman–Crippen MR) is 112 cm³/mol. The van der Waals surface area contributed by atoms with Gasteiger partial charge >= 0.3 is 0 Å². The molecule has 0 saturated carbocycles. The quantitative estimate of drug-likeness (QED) is 0.591. The van der Waals surface area contributed by atoms with E-state index < -0.39 is 0 Å². The van der Waals surface area contributed by atoms with Gasteiger partial charge in [0.25, 0.3) is 0 Å². The van der Waals surface area contributed by atoms with E-state index in [0.29, 0.717) is 6.04 Å². The van der Waals surface area contributed by atoms with Crippen LogP contribution in [0.2, 0.25) is 5.02 Å². The van der Waals surface area contributed by atoms with Crippen LogP contribution in [0.1, 0.15) is 78.3 Å². The molecule has 3 heteroatoms. The highest BCUT2D eigenvalue weighted by Crippen LogP contribution is 2.37. The van der Waals surface area contributed by atoms with Crippen molar-refractivity contribution in [3.63, 3.8) is 0 Å². The van der Waals surface area contributed by atoms with Crippen molar-refractivity contribution >= 4 is 11.6 Å². The summed E-state index contributed by atoms with van der Waals surface area (Å²) < 4.78 is 5.96. The van der Waals surface area contributed by atoms with E-state index in [2.05, 4.69) is 52.1 Å². The second kappa shape index (κ2) is 10.1. The van der Waals surface area contributed by atoms with E-state index in [4.69, 9.17) is 16.3 Å². The fraction of sp³-hybridized carbons (Fsp3) is 0.739. The van der Waals surface area contributed by atoms with Gasteiger partial charge in [-0.3, -0.25) is 0 Å². The summed E-state index contributed by atoms with van der Waals surface area (Å²) in [5.41, 5.74) is 1.42. The summed E-state index contributed by atoms with van der Waals surface area (Å²) in [6.45, 7) is 13.6. The molecular weight excluding hydrogens is 342 g/mol. The first-order valence-corrected chi connectivity index (χ1v) is 10.9. The highest BCUT2D eigenvalue weighted by atomic mass is 35.5. The lowest BCUT2D eigenvalue weighted by Gasteiger charge is -2.39. The zero-order valence-corrected chi connectivity index (χ0v) is 18.2. The molecule has 1 fully saturated rings. The average Bonchev–Trinajstić information content (AvgIpc) is 2.57. The molecular formula is C23H39ClNO+. The Morgan fingerprint density at radius 1 is 1.12 bits per heavy atom. The molecule has 1 aliphatic heterocycles. The third-order valence-electron chi connectivity index (χ3n) is 5.97. The van der Waals surface area contributed by atoms with Crippen LogP contribution in [0.15, 0.2) is 24.3 Å². The smallest absolute Gasteiger partial charge is 0.109 e. The third kappa shape index (κ3) is 7.21. The minimum Gasteiger partial charge on any atom is -0.376 e. The van der Waals surface area contributed by atoms with Crippen molar-refractivity contribution in [2.45, 2.75) is 78.4 Å². The average molecular weight is 381 g/mol. The van der Waals surface area contributed by atoms with Crippen LogP contribution in [-0.2, 0) is 4.74 Å². The van der Waals surface area contributed by atoms with Crippen LogP contribution >= 0.6 is 11.6 Å². The number of halogens is 1. The first-order chi connectivity index (χ1) is 12.3. The first-order valence-electron chi connectivity index (χ1n) is 10.5. The summed E-state index contributed by atoms with van der Waals surface area (Å²) >= 11 is 6.01. The fourth-order valence-corrected chi connectivity index (χ4v) is 4.43. The molecule has 0 bridgehead atoms. The first kappa shape index (κ1) is 21.7. The SMILES string of the molecule is CC(C)CC[C@H](CC[NH2+][C@@H](C)c1ccc(Cl)cc1)[C@@H]1CCOC(C)(C)C1. The van der Waals surface area contributed by atoms with Gasteiger partial charge < -0.3 is 10.1 Å². The van der Waals surface area contributed by atoms with Crippen LogP contribution < -0.4 is 5.32 Å². The molecule has 1 aromatic carbocycles. The van der Waals surface area contributed by atoms with Crippen molar-refractivity contribution in [2.24, 2.45) is 17.8 Å². The molecule has 1 saturated heterocycles. The molecule has 0 spiro atoms. The molecule has 0 unspecified atom stereocenters. The van der Waals surface area contributed by atoms with Gasteiger partial charge in [0.15, 0.2) is 0 Å². The van der Waals surface area contributed by atoms with E-state index in [9.17, 15) is 0 Å². The van der Waals surface area contributed by atoms with Gasteiger partial charge in [-0.1, -0.05) is 44.0 Å². The van der Waals surface area contributed by atoms with Crippen LogP contribution in [-0.4, -0.2) is 18.8 Å². The van der Waals surface area contributed by atoms with E-state index in [1.807, 2.05) is 12.1 Å². The van der Waals surface area contributed by atoms with Crippen molar-refractivity contribution in [2.75, 3.05) is 13.2 Å². The van der Waals surface area contributed by atoms with Crippen LogP contribution in [0.5, 0.6) is 0 Å². The Kier molecular flexibility index (Phi) is 8.44. The molecule has 0 aliphatic carbocycles. The maximum atomic E-state index is 6.01. The molecule has 2 rings (SSSR count). The van der Waals surface area contributed by atoms with Crippen LogP contribution in [0.25, 0.3) is 0 Å². The highest BCUT2D eigenvalue weighted by molar-refractivity contribution is 6.30. The number of hydrogen-bond acceptors (Lipinski definition) is 1. The Balaban J connectivity index is 1.88. The van der Waals surface area contributed by atoms with Gasteiger partial charge in [-0.05, 0) is 76.3 Å². The molecule has 0 aromatic heterocycles. The molecule has 0 radical (unpaired) electrons. The maximum absolute atomic E-state index is 6.01. The second-order valence-electron chi connectivity index (χ2n) is 9.25. The van der Waals surface area contributed by atoms with Crippen molar-refractivity contribution in [1.82, 2.24) is 0 Å². The molecule has 0 amide bonds. The molecule has 3 atom stereocenters. The zero-order valence-electron chi connectivity index (χ0n) is 17.4. The number of ether oxygens (including phenoxy) is 1. The Labute approximate surface area is 166 Å². The van der Waals surface area contributed by atoms with Crippen molar-refractivity contribution in [3.8, 4) is 0 Å². The van der Waals surface area contributed by atoms with Crippen LogP contribution in [0, 0.1) is 17.8 Å². The van der Waals surface area contributed by atoms with Gasteiger partial charge in [-0.15, -0.1) is 0 Å². The van der Waals surface area contributed by atoms with E-state index >= 15 is 0 Å². The Morgan fingerprint density at radius 3 is 2.42 bits per heavy atom. The predicted octanol–water partition coefficient (Wildman–Crippen LogP) is 5.61. The van der Waals surface area contributed by atoms with Crippen molar-refractivity contribution in [3.05, 3.63) is 34.9 Å². The van der Waals surface area contributed by atoms with Gasteiger partial charge in [0.2, 0.25) is 0 Å². The summed E-state index contributed by atoms with van der Waals surface area (Å²) in [7, 11) is 0. The molecule has 2 nitrogen and oxygen atoms in total. The normalized spacial score (nSPS) is 22.3. The summed E-state index contributed by atoms with van der Waals surface area (Å²) in [6.07, 6.45) is 6.46. The lowest BCUT2D eigenvalue weighted by atomic mass is 9.75. The van der Waals surface area contributed by atoms with E-state index in [1.54, 1.807) is 0 Å². The van der Waals surface area contributed by atoms with Gasteiger partial charge in [0, 0.05) is 17.2 Å².